The molecule has 2 atom stereocenters. The minimum Gasteiger partial charge on any atom is -0.353 e. The van der Waals surface area contributed by atoms with E-state index in [1.807, 2.05) is 18.7 Å². The third-order valence-electron chi connectivity index (χ3n) is 5.35. The maximum Gasteiger partial charge on any atom is 0.225 e. The van der Waals surface area contributed by atoms with Crippen molar-refractivity contribution in [3.05, 3.63) is 11.6 Å². The Kier molecular flexibility index (Phi) is 5.22. The molecule has 1 aliphatic heterocycles. The summed E-state index contributed by atoms with van der Waals surface area (Å²) >= 11 is 0. The molecule has 4 heteroatoms. The molecule has 0 spiro atoms. The van der Waals surface area contributed by atoms with Crippen LogP contribution in [0.15, 0.2) is 11.6 Å². The number of nitrogens with one attached hydrogen (secondary N) is 1. The van der Waals surface area contributed by atoms with Gasteiger partial charge in [0.25, 0.3) is 0 Å². The van der Waals surface area contributed by atoms with Crippen LogP contribution in [0, 0.1) is 23.2 Å². The van der Waals surface area contributed by atoms with Crippen LogP contribution in [0.1, 0.15) is 54.4 Å². The van der Waals surface area contributed by atoms with Crippen molar-refractivity contribution in [1.29, 1.82) is 0 Å². The lowest BCUT2D eigenvalue weighted by atomic mass is 10.0. The van der Waals surface area contributed by atoms with E-state index in [9.17, 15) is 9.59 Å². The van der Waals surface area contributed by atoms with Crippen LogP contribution in [0.2, 0.25) is 0 Å². The third-order valence-corrected chi connectivity index (χ3v) is 5.35. The summed E-state index contributed by atoms with van der Waals surface area (Å²) in [5, 5.41) is 3.22. The molecule has 0 aromatic carbocycles. The Morgan fingerprint density at radius 3 is 2.22 bits per heavy atom. The molecule has 0 unspecified atom stereocenters. The fraction of sp³-hybridized carbons (Fsp3) is 0.789. The first-order valence-corrected chi connectivity index (χ1v) is 8.88. The highest BCUT2D eigenvalue weighted by molar-refractivity contribution is 5.84. The largest absolute Gasteiger partial charge is 0.353 e. The zero-order valence-corrected chi connectivity index (χ0v) is 15.5. The number of carbonyl (C=O) groups excluding carboxylic acids is 2. The van der Waals surface area contributed by atoms with Crippen molar-refractivity contribution in [3.8, 4) is 0 Å². The van der Waals surface area contributed by atoms with Crippen molar-refractivity contribution >= 4 is 11.8 Å². The van der Waals surface area contributed by atoms with Crippen molar-refractivity contribution in [3.63, 3.8) is 0 Å². The molecule has 2 amide bonds. The Morgan fingerprint density at radius 2 is 1.74 bits per heavy atom. The maximum atomic E-state index is 12.6. The summed E-state index contributed by atoms with van der Waals surface area (Å²) in [6.07, 6.45) is 3.96. The molecule has 4 nitrogen and oxygen atoms in total. The monoisotopic (exact) mass is 320 g/mol. The lowest BCUT2D eigenvalue weighted by Crippen LogP contribution is -2.48. The predicted molar refractivity (Wildman–Crippen MR) is 92.8 cm³/mol. The molecular weight excluding hydrogens is 288 g/mol. The van der Waals surface area contributed by atoms with Gasteiger partial charge in [0.1, 0.15) is 0 Å². The highest BCUT2D eigenvalue weighted by atomic mass is 16.2. The molecule has 0 aromatic heterocycles. The van der Waals surface area contributed by atoms with Crippen LogP contribution in [0.4, 0.5) is 0 Å². The molecule has 23 heavy (non-hydrogen) atoms. The van der Waals surface area contributed by atoms with Gasteiger partial charge in [0.15, 0.2) is 0 Å². The summed E-state index contributed by atoms with van der Waals surface area (Å²) < 4.78 is 0. The van der Waals surface area contributed by atoms with Crippen molar-refractivity contribution < 1.29 is 9.59 Å². The molecule has 1 N–H and O–H groups in total. The van der Waals surface area contributed by atoms with Crippen molar-refractivity contribution in [2.45, 2.75) is 60.4 Å². The van der Waals surface area contributed by atoms with Gasteiger partial charge in [0, 0.05) is 25.0 Å². The molecule has 0 aromatic rings. The van der Waals surface area contributed by atoms with E-state index in [-0.39, 0.29) is 35.1 Å². The maximum absolute atomic E-state index is 12.6. The minimum absolute atomic E-state index is 0.0539. The molecule has 2 aliphatic rings. The van der Waals surface area contributed by atoms with Crippen molar-refractivity contribution in [2.24, 2.45) is 23.2 Å². The van der Waals surface area contributed by atoms with Gasteiger partial charge in [-0.1, -0.05) is 39.3 Å². The second-order valence-corrected chi connectivity index (χ2v) is 8.33. The topological polar surface area (TPSA) is 49.4 Å². The standard InChI is InChI=1S/C19H32N2O2/c1-12(2)11-15-16(19(15,5)6)17(22)20-14-7-9-21(10-8-14)18(23)13(3)4/h11,13-16H,7-10H2,1-6H3,(H,20,22)/t15-,16+/m0/s1. The van der Waals surface area contributed by atoms with E-state index in [1.165, 1.54) is 5.57 Å². The molecule has 1 aliphatic carbocycles. The first-order valence-electron chi connectivity index (χ1n) is 8.88. The Morgan fingerprint density at radius 1 is 1.17 bits per heavy atom. The summed E-state index contributed by atoms with van der Waals surface area (Å²) in [4.78, 5) is 26.5. The first kappa shape index (κ1) is 18.0. The van der Waals surface area contributed by atoms with E-state index in [0.717, 1.165) is 25.9 Å². The van der Waals surface area contributed by atoms with E-state index < -0.39 is 0 Å². The normalized spacial score (nSPS) is 26.8. The van der Waals surface area contributed by atoms with E-state index in [0.29, 0.717) is 5.92 Å². The number of nitrogens with zero attached hydrogens (tertiary/aromatic N) is 1. The van der Waals surface area contributed by atoms with Gasteiger partial charge in [0.2, 0.25) is 11.8 Å². The van der Waals surface area contributed by atoms with Gasteiger partial charge in [-0.15, -0.1) is 0 Å². The SMILES string of the molecule is CC(C)=C[C@H]1[C@H](C(=O)NC2CCN(C(=O)C(C)C)CC2)C1(C)C. The lowest BCUT2D eigenvalue weighted by Gasteiger charge is -2.33. The van der Waals surface area contributed by atoms with Gasteiger partial charge >= 0.3 is 0 Å². The van der Waals surface area contributed by atoms with Gasteiger partial charge in [-0.05, 0) is 38.0 Å². The fourth-order valence-corrected chi connectivity index (χ4v) is 3.75. The number of amides is 2. The van der Waals surface area contributed by atoms with Crippen LogP contribution in [-0.2, 0) is 9.59 Å². The molecular formula is C19H32N2O2. The molecule has 1 saturated heterocycles. The second-order valence-electron chi connectivity index (χ2n) is 8.33. The highest BCUT2D eigenvalue weighted by Crippen LogP contribution is 2.59. The minimum atomic E-state index is 0.0539. The van der Waals surface area contributed by atoms with Crippen LogP contribution in [0.5, 0.6) is 0 Å². The molecule has 2 fully saturated rings. The summed E-state index contributed by atoms with van der Waals surface area (Å²) in [6, 6.07) is 0.211. The van der Waals surface area contributed by atoms with Crippen LogP contribution >= 0.6 is 0 Å². The van der Waals surface area contributed by atoms with Crippen LogP contribution in [-0.4, -0.2) is 35.8 Å². The third kappa shape index (κ3) is 3.96. The number of carbonyl (C=O) groups is 2. The second kappa shape index (κ2) is 6.66. The smallest absolute Gasteiger partial charge is 0.225 e. The van der Waals surface area contributed by atoms with Crippen molar-refractivity contribution in [1.82, 2.24) is 10.2 Å². The van der Waals surface area contributed by atoms with Gasteiger partial charge in [0.05, 0.1) is 5.92 Å². The van der Waals surface area contributed by atoms with E-state index in [1.54, 1.807) is 0 Å². The number of likely N-dealkylation sites (tertiary alicyclic amines) is 1. The Labute approximate surface area is 140 Å². The summed E-state index contributed by atoms with van der Waals surface area (Å²) in [7, 11) is 0. The molecule has 0 bridgehead atoms. The zero-order chi connectivity index (χ0) is 17.4. The Balaban J connectivity index is 1.84. The Hall–Kier alpha value is -1.32. The number of hydrogen-bond acceptors (Lipinski definition) is 2. The fourth-order valence-electron chi connectivity index (χ4n) is 3.75. The molecule has 130 valence electrons. The lowest BCUT2D eigenvalue weighted by molar-refractivity contribution is -0.135. The summed E-state index contributed by atoms with van der Waals surface area (Å²) in [5.74, 6) is 0.911. The van der Waals surface area contributed by atoms with Gasteiger partial charge in [-0.3, -0.25) is 9.59 Å². The average Bonchev–Trinajstić information content (AvgIpc) is 2.99. The molecule has 2 rings (SSSR count). The van der Waals surface area contributed by atoms with E-state index in [4.69, 9.17) is 0 Å². The molecule has 1 heterocycles. The number of piperidine rings is 1. The number of allylic oxidation sites excluding steroid dienone is 2. The quantitative estimate of drug-likeness (QED) is 0.810. The number of rotatable bonds is 4. The average molecular weight is 320 g/mol. The summed E-state index contributed by atoms with van der Waals surface area (Å²) in [6.45, 7) is 13.9. The molecule has 0 radical (unpaired) electrons. The van der Waals surface area contributed by atoms with Gasteiger partial charge in [-0.25, -0.2) is 0 Å². The van der Waals surface area contributed by atoms with Gasteiger partial charge in [-0.2, -0.15) is 0 Å². The molecule has 1 saturated carbocycles. The van der Waals surface area contributed by atoms with E-state index in [2.05, 4.69) is 39.1 Å². The Bertz CT molecular complexity index is 495. The van der Waals surface area contributed by atoms with Crippen molar-refractivity contribution in [2.75, 3.05) is 13.1 Å². The van der Waals surface area contributed by atoms with E-state index >= 15 is 0 Å². The zero-order valence-electron chi connectivity index (χ0n) is 15.5. The predicted octanol–water partition coefficient (Wildman–Crippen LogP) is 2.99. The highest BCUT2D eigenvalue weighted by Gasteiger charge is 2.60. The first-order chi connectivity index (χ1) is 10.6. The summed E-state index contributed by atoms with van der Waals surface area (Å²) in [5.41, 5.74) is 1.34. The van der Waals surface area contributed by atoms with Crippen LogP contribution in [0.3, 0.4) is 0 Å². The van der Waals surface area contributed by atoms with Gasteiger partial charge < -0.3 is 10.2 Å². The number of hydrogen-bond donors (Lipinski definition) is 1. The van der Waals surface area contributed by atoms with Crippen LogP contribution < -0.4 is 5.32 Å². The van der Waals surface area contributed by atoms with Crippen LogP contribution in [0.25, 0.3) is 0 Å².